The summed E-state index contributed by atoms with van der Waals surface area (Å²) in [4.78, 5) is 21.5. The molecule has 0 aromatic heterocycles. The molecule has 55 radical (unpaired) electrons. The lowest BCUT2D eigenvalue weighted by molar-refractivity contribution is -0.232. The number of hydrogen-bond acceptors (Lipinski definition) is 34. The fraction of sp³-hybridized carbons (Fsp3) is 0.968. The summed E-state index contributed by atoms with van der Waals surface area (Å²) in [6, 6.07) is 0. The second-order valence-electron chi connectivity index (χ2n) is 38.5. The Labute approximate surface area is 892 Å². The summed E-state index contributed by atoms with van der Waals surface area (Å²) in [6.07, 6.45) is -18.2. The Morgan fingerprint density at radius 3 is 1.06 bits per heavy atom. The van der Waals surface area contributed by atoms with Crippen molar-refractivity contribution in [1.82, 2.24) is 0 Å². The summed E-state index contributed by atoms with van der Waals surface area (Å²) in [5.41, 5.74) is -5.57. The van der Waals surface area contributed by atoms with Crippen molar-refractivity contribution in [3.8, 4) is 0 Å². The molecule has 0 aliphatic carbocycles. The molecule has 0 saturated carbocycles. The summed E-state index contributed by atoms with van der Waals surface area (Å²) in [7, 11) is 131. The van der Waals surface area contributed by atoms with Crippen molar-refractivity contribution in [2.45, 2.75) is 350 Å². The number of carbonyl (C=O) groups is 2. The SMILES string of the molecule is CC(=O)OC1O[C@H](CO)C[C@H]1OC(C)=O.CC1(C)OC2O[C@H](C(O)CO)C[C@H]2O1.CC1(C)OC2O[C@H](CO)C[C@H]2O1.CC1(C)OCC([C@@H]2C[C@H]3OC(C)(C)OC3O2)O1.CC1(C)OCC([C@H]2OC3OC(C)(C)O[C@@H]3[C@H]2O)O1.CC1(C)OCC([C@H]2OC3OC(C)(C)O[C@@H]3[C@H]2OS(=O)(=O)C(F)(F)F)O1.[B]B([B])B(B([B])[B])B([B])[B].[B]B([B])B([B])B([B])[B].[B]B([B])B([B])[B].[B][B]B(B([B])[B])B([B])[B].[B][B]B([B])B([B])[B].[B][B][B]. The molecule has 144 heavy (non-hydrogen) atoms. The van der Waals surface area contributed by atoms with Crippen molar-refractivity contribution in [1.29, 1.82) is 0 Å². The molecule has 715 valence electrons. The summed E-state index contributed by atoms with van der Waals surface area (Å²) in [5, 5.41) is 46.0. The zero-order valence-electron chi connectivity index (χ0n) is 84.9. The van der Waals surface area contributed by atoms with Crippen molar-refractivity contribution in [2.75, 3.05) is 39.6 Å². The molecule has 0 bridgehead atoms. The molecule has 14 saturated heterocycles. The van der Waals surface area contributed by atoms with Gasteiger partial charge in [-0.3, -0.25) is 13.8 Å². The van der Waals surface area contributed by atoms with Crippen LogP contribution in [0, 0.1) is 0 Å². The highest BCUT2D eigenvalue weighted by Gasteiger charge is 2.64. The maximum absolute atomic E-state index is 12.7. The molecule has 0 aromatic rings. The molecule has 0 aromatic carbocycles. The minimum atomic E-state index is -5.86. The molecule has 14 heterocycles. The zero-order chi connectivity index (χ0) is 111. The van der Waals surface area contributed by atoms with E-state index < -0.39 is 237 Å². The van der Waals surface area contributed by atoms with Gasteiger partial charge in [0.1, 0.15) is 79.4 Å². The van der Waals surface area contributed by atoms with E-state index in [1.165, 1.54) is 41.8 Å². The molecule has 5 N–H and O–H groups in total. The van der Waals surface area contributed by atoms with Crippen LogP contribution in [0.25, 0.3) is 0 Å². The van der Waals surface area contributed by atoms with Crippen molar-refractivity contribution in [2.24, 2.45) is 0 Å². The molecule has 14 rings (SSSR count). The van der Waals surface area contributed by atoms with Crippen molar-refractivity contribution in [3.05, 3.63) is 0 Å². The van der Waals surface area contributed by atoms with Crippen LogP contribution in [0.1, 0.15) is 150 Å². The maximum Gasteiger partial charge on any atom is 0.523 e. The summed E-state index contributed by atoms with van der Waals surface area (Å²) in [5.74, 6) is -6.66. The lowest BCUT2D eigenvalue weighted by atomic mass is 8.58. The standard InChI is InChI=1S/C13H19F3O8S.C12H20O6.C12H20O5.C9H14O6.C9H16O5.C8H14O4.B10.B9.B8.B7.B6.B3/c1-11(2)19-5-6(21-11)7-8(24-25(17,18)13(14,15)16)9-10(20-7)23-12(3,4)22-9;1-11(2)14-5-6(16-11)8-7(13)9-10(15-8)18-12(3,4)17-9;1-11(2)13-6-9(16-11)7-5-8-10(14-7)17-12(3,4)15-8;1-5(11)13-8-3-7(4-10)15-9(8)14-6(2)12;1-9(2)13-7-3-6(5(11)4-10)12-8(7)14-9;1-8(2)11-6-3-5(4-9)10-7(6)12-8;1-7(2)10(8(3)4)9(5)6;1-6-9(7(2)3)8(4)5;1-6(2)8(5)7(3)4;1-5-7(4)6(2)3;1-5(2)6(3)4;1-3-2/h6-10H,5H2,1-4H3;6-10,13H,5H2,1-4H3;7-10H,5-6H2,1-4H3;7-10H,3-4H2,1-2H3;5-8,10-11H,3-4H2,1-2H3;5-7,9H,3-4H2,1-2H3;;;;;;/t6?,7-,8+,9-,10?;6?,7-,8+,9+,10?;7-,8+,9?,10?;7-,8+,9?;5?,6-,7+,8?;5-,6+,7?;;;;;;/m100000....../s1. The number of halogens is 3. The van der Waals surface area contributed by atoms with Crippen LogP contribution in [0.3, 0.4) is 0 Å². The average molecular weight is 1960 g/mol. The van der Waals surface area contributed by atoms with Crippen molar-refractivity contribution >= 4 is 334 Å². The fourth-order valence-corrected chi connectivity index (χ4v) is 15.7. The summed E-state index contributed by atoms with van der Waals surface area (Å²) < 4.78 is 197. The third-order valence-electron chi connectivity index (χ3n) is 21.8. The minimum Gasteiger partial charge on any atom is -0.456 e. The second-order valence-corrected chi connectivity index (χ2v) is 40.1. The molecule has 14 fully saturated rings. The lowest BCUT2D eigenvalue weighted by Crippen LogP contribution is -2.62. The van der Waals surface area contributed by atoms with Gasteiger partial charge in [-0.1, -0.05) is 0 Å². The number of fused-ring (bicyclic) bond motifs is 5. The van der Waals surface area contributed by atoms with Gasteiger partial charge in [0.15, 0.2) is 83.9 Å². The van der Waals surface area contributed by atoms with Crippen LogP contribution in [-0.4, -0.2) is 597 Å². The molecular formula is C63H103B43F3O34S. The van der Waals surface area contributed by atoms with E-state index in [2.05, 4.69) is 19.7 Å². The fourth-order valence-electron chi connectivity index (χ4n) is 15.0. The number of rotatable bonds is 22. The molecule has 24 atom stereocenters. The van der Waals surface area contributed by atoms with E-state index in [9.17, 15) is 41.4 Å². The maximum atomic E-state index is 12.7. The number of aliphatic hydroxyl groups is 5. The average Bonchev–Trinajstić information content (AvgIpc) is 1.57. The third-order valence-corrected chi connectivity index (χ3v) is 22.9. The van der Waals surface area contributed by atoms with Crippen LogP contribution >= 0.6 is 0 Å². The van der Waals surface area contributed by atoms with E-state index >= 15 is 0 Å². The van der Waals surface area contributed by atoms with E-state index in [-0.39, 0.29) is 101 Å². The predicted molar refractivity (Wildman–Crippen MR) is 573 cm³/mol. The monoisotopic (exact) mass is 1970 g/mol. The highest BCUT2D eigenvalue weighted by atomic mass is 32.2. The second kappa shape index (κ2) is 60.9. The van der Waals surface area contributed by atoms with Gasteiger partial charge in [0, 0.05) is 351 Å². The molecular weight excluding hydrogens is 1850 g/mol. The van der Waals surface area contributed by atoms with Crippen LogP contribution in [-0.2, 0) is 138 Å². The van der Waals surface area contributed by atoms with Crippen molar-refractivity contribution < 1.29 is 175 Å². The number of alkyl halides is 3. The van der Waals surface area contributed by atoms with Gasteiger partial charge in [0.25, 0.3) is 0 Å². The number of hydrogen-bond donors (Lipinski definition) is 5. The first kappa shape index (κ1) is 138. The lowest BCUT2D eigenvalue weighted by Gasteiger charge is -2.28. The van der Waals surface area contributed by atoms with Gasteiger partial charge in [0.05, 0.1) is 64.1 Å². The van der Waals surface area contributed by atoms with E-state index in [4.69, 9.17) is 315 Å². The Kier molecular flexibility index (Phi) is 58.6. The van der Waals surface area contributed by atoms with E-state index in [1.54, 1.807) is 27.7 Å². The largest absolute Gasteiger partial charge is 0.523 e. The Hall–Kier alpha value is 0.352. The van der Waals surface area contributed by atoms with Crippen LogP contribution in [0.2, 0.25) is 0 Å². The topological polar surface area (TPSA) is 400 Å². The zero-order valence-corrected chi connectivity index (χ0v) is 85.7. The van der Waals surface area contributed by atoms with Crippen LogP contribution in [0.5, 0.6) is 0 Å². The molecule has 0 spiro atoms. The minimum absolute atomic E-state index is 0.00264. The highest BCUT2D eigenvalue weighted by molar-refractivity contribution is 8.00. The molecule has 34 nitrogen and oxygen atoms in total. The van der Waals surface area contributed by atoms with Crippen molar-refractivity contribution in [3.63, 3.8) is 0 Å². The van der Waals surface area contributed by atoms with E-state index in [1.807, 2.05) is 69.2 Å². The molecule has 0 amide bonds. The third kappa shape index (κ3) is 46.5. The van der Waals surface area contributed by atoms with Gasteiger partial charge in [-0.05, 0) is 111 Å². The van der Waals surface area contributed by atoms with Gasteiger partial charge in [0.2, 0.25) is 6.29 Å². The molecule has 10 unspecified atom stereocenters. The van der Waals surface area contributed by atoms with Crippen LogP contribution in [0.4, 0.5) is 13.2 Å². The highest BCUT2D eigenvalue weighted by Crippen LogP contribution is 2.47. The van der Waals surface area contributed by atoms with Gasteiger partial charge < -0.3 is 139 Å². The smallest absolute Gasteiger partial charge is 0.456 e. The molecule has 14 aliphatic rings. The van der Waals surface area contributed by atoms with Crippen LogP contribution in [0.15, 0.2) is 0 Å². The Balaban J connectivity index is 0.000000415. The predicted octanol–water partition coefficient (Wildman–Crippen LogP) is -13.9. The first-order valence-electron chi connectivity index (χ1n) is 46.0. The van der Waals surface area contributed by atoms with Gasteiger partial charge in [-0.2, -0.15) is 21.6 Å². The van der Waals surface area contributed by atoms with Gasteiger partial charge in [-0.25, -0.2) is 0 Å². The number of ether oxygens (including phenoxy) is 24. The number of aliphatic hydroxyl groups excluding tert-OH is 5. The number of carbonyl (C=O) groups excluding carboxylic acids is 2. The first-order chi connectivity index (χ1) is 65.8. The Bertz CT molecular complexity index is 3700. The Morgan fingerprint density at radius 2 is 0.757 bits per heavy atom. The van der Waals surface area contributed by atoms with Crippen LogP contribution < -0.4 is 0 Å². The number of esters is 2. The first-order valence-corrected chi connectivity index (χ1v) is 47.4. The normalized spacial score (nSPS) is 32.0. The van der Waals surface area contributed by atoms with Gasteiger partial charge >= 0.3 is 27.6 Å². The van der Waals surface area contributed by atoms with Gasteiger partial charge in [-0.15, -0.1) is 0 Å². The molecule has 14 aliphatic heterocycles. The molecule has 81 heteroatoms. The Morgan fingerprint density at radius 1 is 0.396 bits per heavy atom. The summed E-state index contributed by atoms with van der Waals surface area (Å²) >= 11 is 0. The quantitative estimate of drug-likeness (QED) is 0.0291. The summed E-state index contributed by atoms with van der Waals surface area (Å²) in [6.45, 7) is 31.6. The van der Waals surface area contributed by atoms with E-state index in [0.717, 1.165) is 19.9 Å². The van der Waals surface area contributed by atoms with E-state index in [0.29, 0.717) is 26.1 Å².